The summed E-state index contributed by atoms with van der Waals surface area (Å²) >= 11 is 0. The van der Waals surface area contributed by atoms with E-state index in [1.54, 1.807) is 6.20 Å². The van der Waals surface area contributed by atoms with Crippen LogP contribution in [-0.4, -0.2) is 39.3 Å². The highest BCUT2D eigenvalue weighted by molar-refractivity contribution is 5.87. The molecule has 0 bridgehead atoms. The van der Waals surface area contributed by atoms with Crippen LogP contribution in [0, 0.1) is 5.92 Å². The molecule has 7 heteroatoms. The number of Topliss-reactive ketones (excluding diaryl/α,β-unsaturated/α-hetero) is 1. The maximum Gasteiger partial charge on any atom is 0.242 e. The molecular formula is C13H23N5O2. The Kier molecular flexibility index (Phi) is 6.30. The van der Waals surface area contributed by atoms with Crippen molar-refractivity contribution < 1.29 is 9.59 Å². The second kappa shape index (κ2) is 7.74. The Balaban J connectivity index is 2.53. The molecule has 0 aliphatic carbocycles. The van der Waals surface area contributed by atoms with E-state index in [1.165, 1.54) is 11.6 Å². The van der Waals surface area contributed by atoms with E-state index in [9.17, 15) is 9.59 Å². The summed E-state index contributed by atoms with van der Waals surface area (Å²) in [6, 6.07) is -0.452. The van der Waals surface area contributed by atoms with Gasteiger partial charge in [0.05, 0.1) is 17.9 Å². The molecular weight excluding hydrogens is 258 g/mol. The molecule has 1 aromatic rings. The minimum atomic E-state index is -0.452. The van der Waals surface area contributed by atoms with Gasteiger partial charge in [-0.3, -0.25) is 9.59 Å². The number of hydrogen-bond donors (Lipinski definition) is 2. The molecule has 112 valence electrons. The summed E-state index contributed by atoms with van der Waals surface area (Å²) in [5, 5.41) is 13.7. The number of aromatic nitrogens is 3. The fraction of sp³-hybridized carbons (Fsp3) is 0.692. The quantitative estimate of drug-likeness (QED) is 0.706. The number of carbonyl (C=O) groups excluding carboxylic acids is 2. The Morgan fingerprint density at radius 2 is 2.10 bits per heavy atom. The third-order valence-electron chi connectivity index (χ3n) is 2.87. The lowest BCUT2D eigenvalue weighted by Gasteiger charge is -2.19. The van der Waals surface area contributed by atoms with E-state index < -0.39 is 6.04 Å². The van der Waals surface area contributed by atoms with Gasteiger partial charge in [-0.2, -0.15) is 0 Å². The molecule has 7 nitrogen and oxygen atoms in total. The second-order valence-corrected chi connectivity index (χ2v) is 5.09. The van der Waals surface area contributed by atoms with Crippen molar-refractivity contribution in [3.63, 3.8) is 0 Å². The molecule has 2 N–H and O–H groups in total. The van der Waals surface area contributed by atoms with Crippen molar-refractivity contribution in [1.29, 1.82) is 0 Å². The molecule has 20 heavy (non-hydrogen) atoms. The van der Waals surface area contributed by atoms with Gasteiger partial charge in [0.15, 0.2) is 5.78 Å². The summed E-state index contributed by atoms with van der Waals surface area (Å²) in [6.45, 7) is 8.82. The number of nitrogens with zero attached hydrogens (tertiary/aromatic N) is 3. The van der Waals surface area contributed by atoms with E-state index in [-0.39, 0.29) is 24.2 Å². The Hall–Kier alpha value is -1.76. The largest absolute Gasteiger partial charge is 0.344 e. The molecule has 0 aliphatic heterocycles. The molecule has 0 spiro atoms. The molecule has 1 heterocycles. The predicted octanol–water partition coefficient (Wildman–Crippen LogP) is 0.117. The van der Waals surface area contributed by atoms with Crippen LogP contribution in [-0.2, 0) is 22.7 Å². The van der Waals surface area contributed by atoms with Crippen molar-refractivity contribution in [2.24, 2.45) is 5.92 Å². The number of amides is 1. The first-order valence-corrected chi connectivity index (χ1v) is 6.83. The minimum Gasteiger partial charge on any atom is -0.344 e. The van der Waals surface area contributed by atoms with Crippen LogP contribution in [0.25, 0.3) is 0 Å². The zero-order valence-corrected chi connectivity index (χ0v) is 12.5. The van der Waals surface area contributed by atoms with Crippen LogP contribution in [0.15, 0.2) is 6.20 Å². The number of rotatable bonds is 8. The zero-order chi connectivity index (χ0) is 15.1. The van der Waals surface area contributed by atoms with E-state index in [0.717, 1.165) is 12.2 Å². The van der Waals surface area contributed by atoms with Crippen LogP contribution in [0.2, 0.25) is 0 Å². The number of ketones is 1. The van der Waals surface area contributed by atoms with Gasteiger partial charge in [-0.25, -0.2) is 4.68 Å². The Labute approximate surface area is 119 Å². The SMILES string of the molecule is CCNCc1cn(CC(=O)NC(C(C)=O)C(C)C)nn1. The Bertz CT molecular complexity index is 455. The number of nitrogens with one attached hydrogen (secondary N) is 2. The normalized spacial score (nSPS) is 12.4. The first kappa shape index (κ1) is 16.3. The van der Waals surface area contributed by atoms with E-state index in [2.05, 4.69) is 20.9 Å². The first-order chi connectivity index (χ1) is 9.43. The van der Waals surface area contributed by atoms with Crippen LogP contribution < -0.4 is 10.6 Å². The van der Waals surface area contributed by atoms with Crippen LogP contribution >= 0.6 is 0 Å². The summed E-state index contributed by atoms with van der Waals surface area (Å²) in [6.07, 6.45) is 1.72. The highest BCUT2D eigenvalue weighted by atomic mass is 16.2. The van der Waals surface area contributed by atoms with E-state index in [4.69, 9.17) is 0 Å². The Morgan fingerprint density at radius 1 is 1.40 bits per heavy atom. The van der Waals surface area contributed by atoms with Crippen LogP contribution in [0.4, 0.5) is 0 Å². The monoisotopic (exact) mass is 281 g/mol. The topological polar surface area (TPSA) is 88.9 Å². The van der Waals surface area contributed by atoms with Gasteiger partial charge in [0.1, 0.15) is 6.54 Å². The van der Waals surface area contributed by atoms with Gasteiger partial charge in [-0.15, -0.1) is 5.10 Å². The van der Waals surface area contributed by atoms with Gasteiger partial charge in [0.2, 0.25) is 5.91 Å². The average Bonchev–Trinajstić information content (AvgIpc) is 2.80. The molecule has 1 unspecified atom stereocenters. The standard InChI is InChI=1S/C13H23N5O2/c1-5-14-6-11-7-18(17-16-11)8-12(20)15-13(9(2)3)10(4)19/h7,9,13-14H,5-6,8H2,1-4H3,(H,15,20). The van der Waals surface area contributed by atoms with Gasteiger partial charge in [0.25, 0.3) is 0 Å². The highest BCUT2D eigenvalue weighted by Gasteiger charge is 2.20. The molecule has 1 rings (SSSR count). The van der Waals surface area contributed by atoms with Gasteiger partial charge in [0, 0.05) is 6.54 Å². The van der Waals surface area contributed by atoms with Crippen molar-refractivity contribution in [2.45, 2.75) is 46.8 Å². The maximum atomic E-state index is 11.9. The summed E-state index contributed by atoms with van der Waals surface area (Å²) in [5.41, 5.74) is 0.784. The van der Waals surface area contributed by atoms with Crippen LogP contribution in [0.5, 0.6) is 0 Å². The summed E-state index contributed by atoms with van der Waals surface area (Å²) in [4.78, 5) is 23.3. The van der Waals surface area contributed by atoms with Crippen LogP contribution in [0.1, 0.15) is 33.4 Å². The fourth-order valence-corrected chi connectivity index (χ4v) is 1.85. The number of carbonyl (C=O) groups is 2. The predicted molar refractivity (Wildman–Crippen MR) is 74.9 cm³/mol. The van der Waals surface area contributed by atoms with Crippen molar-refractivity contribution in [3.05, 3.63) is 11.9 Å². The summed E-state index contributed by atoms with van der Waals surface area (Å²) in [7, 11) is 0. The van der Waals surface area contributed by atoms with Crippen molar-refractivity contribution in [1.82, 2.24) is 25.6 Å². The van der Waals surface area contributed by atoms with Gasteiger partial charge < -0.3 is 10.6 Å². The maximum absolute atomic E-state index is 11.9. The van der Waals surface area contributed by atoms with Crippen molar-refractivity contribution in [3.8, 4) is 0 Å². The third kappa shape index (κ3) is 5.08. The minimum absolute atomic E-state index is 0.0419. The van der Waals surface area contributed by atoms with Gasteiger partial charge >= 0.3 is 0 Å². The van der Waals surface area contributed by atoms with Crippen molar-refractivity contribution in [2.75, 3.05) is 6.54 Å². The lowest BCUT2D eigenvalue weighted by Crippen LogP contribution is -2.44. The molecule has 1 aromatic heterocycles. The second-order valence-electron chi connectivity index (χ2n) is 5.09. The molecule has 1 atom stereocenters. The molecule has 0 aromatic carbocycles. The molecule has 0 saturated heterocycles. The smallest absolute Gasteiger partial charge is 0.242 e. The molecule has 1 amide bonds. The van der Waals surface area contributed by atoms with Crippen LogP contribution in [0.3, 0.4) is 0 Å². The first-order valence-electron chi connectivity index (χ1n) is 6.83. The molecule has 0 saturated carbocycles. The Morgan fingerprint density at radius 3 is 2.65 bits per heavy atom. The lowest BCUT2D eigenvalue weighted by molar-refractivity contribution is -0.128. The summed E-state index contributed by atoms with van der Waals surface area (Å²) < 4.78 is 1.47. The highest BCUT2D eigenvalue weighted by Crippen LogP contribution is 2.03. The molecule has 0 radical (unpaired) electrons. The fourth-order valence-electron chi connectivity index (χ4n) is 1.85. The van der Waals surface area contributed by atoms with Crippen molar-refractivity contribution >= 4 is 11.7 Å². The van der Waals surface area contributed by atoms with E-state index in [0.29, 0.717) is 6.54 Å². The third-order valence-corrected chi connectivity index (χ3v) is 2.87. The average molecular weight is 281 g/mol. The van der Waals surface area contributed by atoms with Gasteiger partial charge in [-0.1, -0.05) is 26.0 Å². The van der Waals surface area contributed by atoms with E-state index in [1.807, 2.05) is 20.8 Å². The molecule has 0 fully saturated rings. The zero-order valence-electron chi connectivity index (χ0n) is 12.5. The number of hydrogen-bond acceptors (Lipinski definition) is 5. The van der Waals surface area contributed by atoms with E-state index >= 15 is 0 Å². The molecule has 0 aliphatic rings. The van der Waals surface area contributed by atoms with Gasteiger partial charge in [-0.05, 0) is 19.4 Å². The summed E-state index contributed by atoms with van der Waals surface area (Å²) in [5.74, 6) is -0.213. The lowest BCUT2D eigenvalue weighted by atomic mass is 10.0.